The predicted molar refractivity (Wildman–Crippen MR) is 64.6 cm³/mol. The summed E-state index contributed by atoms with van der Waals surface area (Å²) in [5, 5.41) is 6.83. The van der Waals surface area contributed by atoms with Gasteiger partial charge in [0.15, 0.2) is 0 Å². The molecule has 0 aromatic carbocycles. The van der Waals surface area contributed by atoms with Crippen molar-refractivity contribution in [3.8, 4) is 5.13 Å². The Labute approximate surface area is 103 Å². The van der Waals surface area contributed by atoms with Gasteiger partial charge in [0.05, 0.1) is 18.5 Å². The summed E-state index contributed by atoms with van der Waals surface area (Å²) in [5.41, 5.74) is 1.35. The van der Waals surface area contributed by atoms with Crippen molar-refractivity contribution in [2.24, 2.45) is 0 Å². The van der Waals surface area contributed by atoms with Gasteiger partial charge in [-0.1, -0.05) is 6.92 Å². The first-order valence-electron chi connectivity index (χ1n) is 5.41. The molecule has 0 spiro atoms. The molecule has 0 N–H and O–H groups in total. The summed E-state index contributed by atoms with van der Waals surface area (Å²) < 4.78 is 6.68. The Balaban J connectivity index is 2.40. The number of hydrogen-bond donors (Lipinski definition) is 0. The molecule has 2 rings (SSSR count). The van der Waals surface area contributed by atoms with Gasteiger partial charge in [-0.3, -0.25) is 0 Å². The van der Waals surface area contributed by atoms with Crippen LogP contribution in [0.25, 0.3) is 5.13 Å². The summed E-state index contributed by atoms with van der Waals surface area (Å²) in [7, 11) is 0. The molecule has 0 fully saturated rings. The minimum atomic E-state index is -0.327. The normalized spacial score (nSPS) is 10.5. The van der Waals surface area contributed by atoms with E-state index in [0.717, 1.165) is 10.8 Å². The van der Waals surface area contributed by atoms with Crippen molar-refractivity contribution in [1.29, 1.82) is 0 Å². The highest BCUT2D eigenvalue weighted by Gasteiger charge is 2.18. The number of esters is 1. The van der Waals surface area contributed by atoms with Crippen LogP contribution in [-0.2, 0) is 11.2 Å². The molecule has 0 saturated heterocycles. The fraction of sp³-hybridized carbons (Fsp3) is 0.364. The van der Waals surface area contributed by atoms with Gasteiger partial charge in [-0.2, -0.15) is 5.10 Å². The number of aromatic nitrogens is 3. The van der Waals surface area contributed by atoms with Gasteiger partial charge >= 0.3 is 5.97 Å². The Morgan fingerprint density at radius 1 is 1.53 bits per heavy atom. The number of rotatable bonds is 4. The molecule has 2 aromatic rings. The van der Waals surface area contributed by atoms with Gasteiger partial charge in [0.2, 0.25) is 5.13 Å². The molecule has 0 aliphatic heterocycles. The van der Waals surface area contributed by atoms with Crippen LogP contribution in [0.4, 0.5) is 0 Å². The molecular formula is C11H13N3O2S. The van der Waals surface area contributed by atoms with Crippen LogP contribution in [0.2, 0.25) is 0 Å². The fourth-order valence-electron chi connectivity index (χ4n) is 1.58. The zero-order valence-corrected chi connectivity index (χ0v) is 10.5. The van der Waals surface area contributed by atoms with Gasteiger partial charge in [0.25, 0.3) is 0 Å². The molecule has 17 heavy (non-hydrogen) atoms. The van der Waals surface area contributed by atoms with E-state index in [1.54, 1.807) is 17.8 Å². The minimum Gasteiger partial charge on any atom is -0.462 e. The number of thiazole rings is 1. The van der Waals surface area contributed by atoms with E-state index in [0.29, 0.717) is 18.6 Å². The van der Waals surface area contributed by atoms with Crippen molar-refractivity contribution in [3.63, 3.8) is 0 Å². The van der Waals surface area contributed by atoms with Gasteiger partial charge < -0.3 is 4.74 Å². The SMILES string of the molecule is CCOC(=O)c1cnn(-c2nccs2)c1CC. The van der Waals surface area contributed by atoms with E-state index in [9.17, 15) is 4.79 Å². The molecular weight excluding hydrogens is 238 g/mol. The monoisotopic (exact) mass is 251 g/mol. The summed E-state index contributed by atoms with van der Waals surface area (Å²) in [6, 6.07) is 0. The highest BCUT2D eigenvalue weighted by molar-refractivity contribution is 7.12. The van der Waals surface area contributed by atoms with Crippen LogP contribution in [0.1, 0.15) is 29.9 Å². The van der Waals surface area contributed by atoms with Crippen LogP contribution >= 0.6 is 11.3 Å². The highest BCUT2D eigenvalue weighted by Crippen LogP contribution is 2.18. The quantitative estimate of drug-likeness (QED) is 0.780. The molecule has 0 saturated carbocycles. The van der Waals surface area contributed by atoms with Crippen molar-refractivity contribution in [1.82, 2.24) is 14.8 Å². The first-order chi connectivity index (χ1) is 8.27. The average Bonchev–Trinajstić information content (AvgIpc) is 2.97. The first-order valence-corrected chi connectivity index (χ1v) is 6.29. The minimum absolute atomic E-state index is 0.327. The van der Waals surface area contributed by atoms with Gasteiger partial charge in [0.1, 0.15) is 5.56 Å². The molecule has 0 unspecified atom stereocenters. The molecule has 0 atom stereocenters. The van der Waals surface area contributed by atoms with Gasteiger partial charge in [-0.05, 0) is 13.3 Å². The number of hydrogen-bond acceptors (Lipinski definition) is 5. The number of ether oxygens (including phenoxy) is 1. The summed E-state index contributed by atoms with van der Waals surface area (Å²) in [6.07, 6.45) is 3.96. The topological polar surface area (TPSA) is 57.0 Å². The highest BCUT2D eigenvalue weighted by atomic mass is 32.1. The van der Waals surface area contributed by atoms with E-state index in [-0.39, 0.29) is 5.97 Å². The van der Waals surface area contributed by atoms with Crippen LogP contribution in [0, 0.1) is 0 Å². The number of nitrogens with zero attached hydrogens (tertiary/aromatic N) is 3. The van der Waals surface area contributed by atoms with Gasteiger partial charge in [0, 0.05) is 11.6 Å². The second kappa shape index (κ2) is 5.09. The third kappa shape index (κ3) is 2.21. The molecule has 2 aromatic heterocycles. The number of carbonyl (C=O) groups is 1. The van der Waals surface area contributed by atoms with Crippen LogP contribution in [0.5, 0.6) is 0 Å². The third-order valence-corrected chi connectivity index (χ3v) is 3.05. The Hall–Kier alpha value is -1.69. The van der Waals surface area contributed by atoms with E-state index < -0.39 is 0 Å². The lowest BCUT2D eigenvalue weighted by molar-refractivity contribution is 0.0525. The first kappa shape index (κ1) is 11.8. The van der Waals surface area contributed by atoms with Crippen molar-refractivity contribution in [2.45, 2.75) is 20.3 Å². The molecule has 0 radical (unpaired) electrons. The molecule has 0 aliphatic carbocycles. The Bertz CT molecular complexity index is 505. The lowest BCUT2D eigenvalue weighted by atomic mass is 10.2. The van der Waals surface area contributed by atoms with E-state index >= 15 is 0 Å². The average molecular weight is 251 g/mol. The zero-order valence-electron chi connectivity index (χ0n) is 9.71. The lowest BCUT2D eigenvalue weighted by Gasteiger charge is -2.04. The Morgan fingerprint density at radius 3 is 2.94 bits per heavy atom. The Kier molecular flexibility index (Phi) is 3.53. The Morgan fingerprint density at radius 2 is 2.35 bits per heavy atom. The van der Waals surface area contributed by atoms with Crippen LogP contribution < -0.4 is 0 Å². The van der Waals surface area contributed by atoms with E-state index in [4.69, 9.17) is 4.74 Å². The van der Waals surface area contributed by atoms with Crippen molar-refractivity contribution >= 4 is 17.3 Å². The second-order valence-electron chi connectivity index (χ2n) is 3.31. The molecule has 5 nitrogen and oxygen atoms in total. The fourth-order valence-corrected chi connectivity index (χ4v) is 2.20. The molecule has 90 valence electrons. The maximum absolute atomic E-state index is 11.7. The van der Waals surface area contributed by atoms with Crippen molar-refractivity contribution in [2.75, 3.05) is 6.61 Å². The van der Waals surface area contributed by atoms with Crippen LogP contribution in [0.3, 0.4) is 0 Å². The second-order valence-corrected chi connectivity index (χ2v) is 4.18. The summed E-state index contributed by atoms with van der Waals surface area (Å²) in [6.45, 7) is 4.13. The van der Waals surface area contributed by atoms with Crippen LogP contribution in [0.15, 0.2) is 17.8 Å². The zero-order chi connectivity index (χ0) is 12.3. The number of carbonyl (C=O) groups excluding carboxylic acids is 1. The molecule has 0 amide bonds. The summed E-state index contributed by atoms with van der Waals surface area (Å²) >= 11 is 1.48. The lowest BCUT2D eigenvalue weighted by Crippen LogP contribution is -2.08. The van der Waals surface area contributed by atoms with Crippen LogP contribution in [-0.4, -0.2) is 27.3 Å². The standard InChI is InChI=1S/C11H13N3O2S/c1-3-9-8(10(15)16-4-2)7-13-14(9)11-12-5-6-17-11/h5-7H,3-4H2,1-2H3. The van der Waals surface area contributed by atoms with E-state index in [2.05, 4.69) is 10.1 Å². The molecule has 0 bridgehead atoms. The smallest absolute Gasteiger partial charge is 0.341 e. The predicted octanol–water partition coefficient (Wildman–Crippen LogP) is 2.07. The maximum atomic E-state index is 11.7. The van der Waals surface area contributed by atoms with Gasteiger partial charge in [-0.25, -0.2) is 14.5 Å². The largest absolute Gasteiger partial charge is 0.462 e. The van der Waals surface area contributed by atoms with Crippen molar-refractivity contribution in [3.05, 3.63) is 29.0 Å². The maximum Gasteiger partial charge on any atom is 0.341 e. The summed E-state index contributed by atoms with van der Waals surface area (Å²) in [5.74, 6) is -0.327. The summed E-state index contributed by atoms with van der Waals surface area (Å²) in [4.78, 5) is 15.9. The van der Waals surface area contributed by atoms with E-state index in [1.165, 1.54) is 17.5 Å². The molecule has 6 heteroatoms. The van der Waals surface area contributed by atoms with Crippen molar-refractivity contribution < 1.29 is 9.53 Å². The van der Waals surface area contributed by atoms with E-state index in [1.807, 2.05) is 12.3 Å². The molecule has 2 heterocycles. The third-order valence-electron chi connectivity index (χ3n) is 2.30. The molecule has 0 aliphatic rings. The van der Waals surface area contributed by atoms with Gasteiger partial charge in [-0.15, -0.1) is 11.3 Å².